The molecule has 0 radical (unpaired) electrons. The van der Waals surface area contributed by atoms with Crippen LogP contribution in [0, 0.1) is 0 Å². The molecule has 0 aromatic rings. The van der Waals surface area contributed by atoms with Crippen LogP contribution in [0.15, 0.2) is 0 Å². The molecule has 0 aliphatic heterocycles. The first-order chi connectivity index (χ1) is 5.00. The Bertz CT molecular complexity index is 138. The van der Waals surface area contributed by atoms with Crippen LogP contribution in [0.1, 0.15) is 6.92 Å². The lowest BCUT2D eigenvalue weighted by Crippen LogP contribution is -2.50. The lowest BCUT2D eigenvalue weighted by Gasteiger charge is -2.16. The highest BCUT2D eigenvalue weighted by Gasteiger charge is 2.23. The highest BCUT2D eigenvalue weighted by molar-refractivity contribution is 5.89. The van der Waals surface area contributed by atoms with E-state index >= 15 is 0 Å². The van der Waals surface area contributed by atoms with Gasteiger partial charge >= 0.3 is 0 Å². The van der Waals surface area contributed by atoms with E-state index in [1.165, 1.54) is 6.92 Å². The minimum atomic E-state index is -1.00. The normalized spacial score (nSPS) is 19.0. The molecule has 0 spiro atoms. The van der Waals surface area contributed by atoms with E-state index in [2.05, 4.69) is 0 Å². The molecule has 0 heterocycles. The summed E-state index contributed by atoms with van der Waals surface area (Å²) in [7, 11) is 0. The first-order valence-electron chi connectivity index (χ1n) is 3.34. The second-order valence-corrected chi connectivity index (χ2v) is 2.46. The summed E-state index contributed by atoms with van der Waals surface area (Å²) in [6.07, 6.45) is -0.930. The third-order valence-electron chi connectivity index (χ3n) is 1.41. The largest absolute Gasteiger partial charge is 0.394 e. The number of hydrogen-bond donors (Lipinski definition) is 4. The van der Waals surface area contributed by atoms with Crippen molar-refractivity contribution in [3.8, 4) is 0 Å². The molecule has 0 aliphatic rings. The fourth-order valence-corrected chi connectivity index (χ4v) is 0.575. The van der Waals surface area contributed by atoms with Gasteiger partial charge in [-0.3, -0.25) is 4.79 Å². The summed E-state index contributed by atoms with van der Waals surface area (Å²) in [5.74, 6) is -0.525. The minimum absolute atomic E-state index is 0.445. The lowest BCUT2D eigenvalue weighted by atomic mass is 10.0. The number of ketones is 1. The van der Waals surface area contributed by atoms with Crippen molar-refractivity contribution in [2.45, 2.75) is 25.1 Å². The van der Waals surface area contributed by atoms with Gasteiger partial charge in [-0.1, -0.05) is 0 Å². The van der Waals surface area contributed by atoms with E-state index in [0.29, 0.717) is 0 Å². The second kappa shape index (κ2) is 4.40. The topological polar surface area (TPSA) is 110 Å². The predicted octanol–water partition coefficient (Wildman–Crippen LogP) is -2.42. The van der Waals surface area contributed by atoms with Gasteiger partial charge in [0.25, 0.3) is 0 Å². The maximum Gasteiger partial charge on any atom is 0.171 e. The molecule has 0 aliphatic carbocycles. The fraction of sp³-hybridized carbons (Fsp3) is 0.833. The molecule has 5 heteroatoms. The number of aliphatic hydroxyl groups excluding tert-OH is 2. The van der Waals surface area contributed by atoms with Crippen LogP contribution >= 0.6 is 0 Å². The molecule has 11 heavy (non-hydrogen) atoms. The van der Waals surface area contributed by atoms with Crippen LogP contribution in [-0.2, 0) is 4.79 Å². The molecule has 0 saturated carbocycles. The van der Waals surface area contributed by atoms with E-state index in [-0.39, 0.29) is 0 Å². The van der Waals surface area contributed by atoms with Crippen LogP contribution in [0.2, 0.25) is 0 Å². The predicted molar refractivity (Wildman–Crippen MR) is 39.7 cm³/mol. The Balaban J connectivity index is 4.02. The Morgan fingerprint density at radius 1 is 1.55 bits per heavy atom. The molecular formula is C6H14N2O3. The molecule has 0 rings (SSSR count). The van der Waals surface area contributed by atoms with Gasteiger partial charge in [-0.25, -0.2) is 0 Å². The lowest BCUT2D eigenvalue weighted by molar-refractivity contribution is -0.124. The first kappa shape index (κ1) is 10.5. The molecule has 66 valence electrons. The van der Waals surface area contributed by atoms with E-state index in [1.54, 1.807) is 0 Å². The first-order valence-corrected chi connectivity index (χ1v) is 3.34. The molecule has 3 unspecified atom stereocenters. The van der Waals surface area contributed by atoms with Crippen LogP contribution in [0.25, 0.3) is 0 Å². The van der Waals surface area contributed by atoms with Gasteiger partial charge in [0.15, 0.2) is 5.78 Å². The van der Waals surface area contributed by atoms with E-state index in [4.69, 9.17) is 21.7 Å². The van der Waals surface area contributed by atoms with Gasteiger partial charge in [-0.05, 0) is 6.92 Å². The molecule has 0 fully saturated rings. The van der Waals surface area contributed by atoms with Crippen LogP contribution in [0.5, 0.6) is 0 Å². The Morgan fingerprint density at radius 2 is 2.00 bits per heavy atom. The number of aliphatic hydroxyl groups is 2. The molecule has 0 aromatic heterocycles. The van der Waals surface area contributed by atoms with Crippen molar-refractivity contribution in [3.05, 3.63) is 0 Å². The quantitative estimate of drug-likeness (QED) is 0.368. The number of hydrogen-bond acceptors (Lipinski definition) is 5. The molecule has 0 bridgehead atoms. The van der Waals surface area contributed by atoms with Crippen LogP contribution in [-0.4, -0.2) is 40.8 Å². The van der Waals surface area contributed by atoms with Gasteiger partial charge < -0.3 is 21.7 Å². The van der Waals surface area contributed by atoms with Gasteiger partial charge in [0.05, 0.1) is 24.8 Å². The van der Waals surface area contributed by atoms with E-state index in [1.807, 2.05) is 0 Å². The monoisotopic (exact) mass is 162 g/mol. The third kappa shape index (κ3) is 2.94. The Hall–Kier alpha value is -0.490. The molecule has 3 atom stereocenters. The van der Waals surface area contributed by atoms with Gasteiger partial charge in [0.2, 0.25) is 0 Å². The molecule has 0 aromatic carbocycles. The number of Topliss-reactive ketones (excluding diaryl/α,β-unsaturated/α-hetero) is 1. The Labute approximate surface area is 65.0 Å². The zero-order valence-electron chi connectivity index (χ0n) is 6.40. The van der Waals surface area contributed by atoms with E-state index in [0.717, 1.165) is 0 Å². The zero-order valence-corrected chi connectivity index (χ0v) is 6.40. The summed E-state index contributed by atoms with van der Waals surface area (Å²) in [5, 5.41) is 17.3. The molecular weight excluding hydrogens is 148 g/mol. The second-order valence-electron chi connectivity index (χ2n) is 2.46. The summed E-state index contributed by atoms with van der Waals surface area (Å²) >= 11 is 0. The van der Waals surface area contributed by atoms with Gasteiger partial charge in [-0.2, -0.15) is 0 Å². The van der Waals surface area contributed by atoms with Crippen molar-refractivity contribution in [1.29, 1.82) is 0 Å². The number of carbonyl (C=O) groups excluding carboxylic acids is 1. The number of nitrogens with two attached hydrogens (primary N) is 2. The smallest absolute Gasteiger partial charge is 0.171 e. The number of carbonyl (C=O) groups is 1. The average molecular weight is 162 g/mol. The fourth-order valence-electron chi connectivity index (χ4n) is 0.575. The average Bonchev–Trinajstić information content (AvgIpc) is 2.00. The highest BCUT2D eigenvalue weighted by Crippen LogP contribution is 1.93. The maximum atomic E-state index is 10.9. The van der Waals surface area contributed by atoms with Crippen molar-refractivity contribution < 1.29 is 15.0 Å². The standard InChI is InChI=1S/C6H14N2O3/c1-3(10)5(8)6(11)4(7)2-9/h3-5,9-10H,2,7-8H2,1H3. The van der Waals surface area contributed by atoms with Crippen molar-refractivity contribution in [3.63, 3.8) is 0 Å². The van der Waals surface area contributed by atoms with Crippen molar-refractivity contribution in [2.75, 3.05) is 6.61 Å². The van der Waals surface area contributed by atoms with Gasteiger partial charge in [-0.15, -0.1) is 0 Å². The molecule has 5 nitrogen and oxygen atoms in total. The van der Waals surface area contributed by atoms with Gasteiger partial charge in [0.1, 0.15) is 0 Å². The SMILES string of the molecule is CC(O)C(N)C(=O)C(N)CO. The third-order valence-corrected chi connectivity index (χ3v) is 1.41. The number of rotatable bonds is 4. The minimum Gasteiger partial charge on any atom is -0.394 e. The summed E-state index contributed by atoms with van der Waals surface area (Å²) in [4.78, 5) is 10.9. The van der Waals surface area contributed by atoms with Crippen molar-refractivity contribution in [1.82, 2.24) is 0 Å². The van der Waals surface area contributed by atoms with Crippen LogP contribution in [0.4, 0.5) is 0 Å². The maximum absolute atomic E-state index is 10.9. The van der Waals surface area contributed by atoms with Crippen molar-refractivity contribution in [2.24, 2.45) is 11.5 Å². The zero-order chi connectivity index (χ0) is 9.02. The van der Waals surface area contributed by atoms with Gasteiger partial charge in [0, 0.05) is 0 Å². The summed E-state index contributed by atoms with van der Waals surface area (Å²) < 4.78 is 0. The molecule has 6 N–H and O–H groups in total. The van der Waals surface area contributed by atoms with Crippen molar-refractivity contribution >= 4 is 5.78 Å². The van der Waals surface area contributed by atoms with E-state index < -0.39 is 30.6 Å². The summed E-state index contributed by atoms with van der Waals surface area (Å²) in [6.45, 7) is 0.950. The summed E-state index contributed by atoms with van der Waals surface area (Å²) in [5.41, 5.74) is 10.4. The summed E-state index contributed by atoms with van der Waals surface area (Å²) in [6, 6.07) is -1.99. The van der Waals surface area contributed by atoms with E-state index in [9.17, 15) is 4.79 Å². The Kier molecular flexibility index (Phi) is 4.20. The van der Waals surface area contributed by atoms with Crippen LogP contribution < -0.4 is 11.5 Å². The molecule has 0 amide bonds. The molecule has 0 saturated heterocycles. The Morgan fingerprint density at radius 3 is 2.27 bits per heavy atom. The highest BCUT2D eigenvalue weighted by atomic mass is 16.3. The van der Waals surface area contributed by atoms with Crippen LogP contribution in [0.3, 0.4) is 0 Å².